The van der Waals surface area contributed by atoms with Crippen LogP contribution >= 0.6 is 0 Å². The van der Waals surface area contributed by atoms with E-state index in [1.54, 1.807) is 0 Å². The van der Waals surface area contributed by atoms with Gasteiger partial charge < -0.3 is 4.40 Å². The van der Waals surface area contributed by atoms with E-state index in [1.807, 2.05) is 61.3 Å². The van der Waals surface area contributed by atoms with Crippen LogP contribution in [-0.2, 0) is 0 Å². The van der Waals surface area contributed by atoms with E-state index in [0.717, 1.165) is 89.1 Å². The predicted molar refractivity (Wildman–Crippen MR) is 216 cm³/mol. The molecule has 0 bridgehead atoms. The normalized spacial score (nSPS) is 11.4. The molecule has 0 saturated carbocycles. The first-order valence-electron chi connectivity index (χ1n) is 17.7. The Hall–Kier alpha value is -7.24. The zero-order valence-electron chi connectivity index (χ0n) is 28.6. The summed E-state index contributed by atoms with van der Waals surface area (Å²) in [5.74, 6) is 0. The minimum atomic E-state index is 0.909. The second kappa shape index (κ2) is 12.8. The average molecular weight is 678 g/mol. The van der Waals surface area contributed by atoms with Crippen molar-refractivity contribution in [1.82, 2.24) is 24.3 Å². The molecule has 0 radical (unpaired) electrons. The molecule has 0 N–H and O–H groups in total. The molecule has 0 atom stereocenters. The SMILES string of the molecule is c1cc(-c2cc(-c3ccc(-c4ccncc4)cc3)cc(-c3ccc(-c4ccncc4)cc3)n2)cc(-c2c3ccccc3n3c2cnc2ccccc23)c1. The van der Waals surface area contributed by atoms with Crippen molar-refractivity contribution in [3.05, 3.63) is 189 Å². The number of hydrogen-bond acceptors (Lipinski definition) is 4. The zero-order valence-corrected chi connectivity index (χ0v) is 28.6. The van der Waals surface area contributed by atoms with Gasteiger partial charge in [-0.3, -0.25) is 15.0 Å². The third-order valence-electron chi connectivity index (χ3n) is 10.1. The number of nitrogens with zero attached hydrogens (tertiary/aromatic N) is 5. The highest BCUT2D eigenvalue weighted by Crippen LogP contribution is 2.39. The Bertz CT molecular complexity index is 2810. The van der Waals surface area contributed by atoms with Crippen LogP contribution in [-0.4, -0.2) is 24.3 Å². The smallest absolute Gasteiger partial charge is 0.0871 e. The third kappa shape index (κ3) is 5.52. The molecule has 5 heterocycles. The first-order valence-corrected chi connectivity index (χ1v) is 17.7. The highest BCUT2D eigenvalue weighted by molar-refractivity contribution is 6.08. The maximum Gasteiger partial charge on any atom is 0.0871 e. The van der Waals surface area contributed by atoms with Gasteiger partial charge in [0.1, 0.15) is 0 Å². The Morgan fingerprint density at radius 2 is 0.887 bits per heavy atom. The number of fused-ring (bicyclic) bond motifs is 5. The fraction of sp³-hybridized carbons (Fsp3) is 0. The van der Waals surface area contributed by atoms with Gasteiger partial charge in [0.15, 0.2) is 0 Å². The van der Waals surface area contributed by atoms with Crippen LogP contribution in [0.25, 0.3) is 94.5 Å². The van der Waals surface area contributed by atoms with Gasteiger partial charge >= 0.3 is 0 Å². The Morgan fingerprint density at radius 1 is 0.358 bits per heavy atom. The quantitative estimate of drug-likeness (QED) is 0.176. The van der Waals surface area contributed by atoms with Crippen molar-refractivity contribution in [1.29, 1.82) is 0 Å². The number of hydrogen-bond donors (Lipinski definition) is 0. The summed E-state index contributed by atoms with van der Waals surface area (Å²) < 4.78 is 2.34. The maximum atomic E-state index is 5.32. The van der Waals surface area contributed by atoms with E-state index in [1.165, 1.54) is 5.39 Å². The van der Waals surface area contributed by atoms with Crippen LogP contribution in [0, 0.1) is 0 Å². The summed E-state index contributed by atoms with van der Waals surface area (Å²) in [5.41, 5.74) is 17.3. The lowest BCUT2D eigenvalue weighted by atomic mass is 9.96. The minimum Gasteiger partial charge on any atom is -0.306 e. The molecule has 0 aliphatic heterocycles. The lowest BCUT2D eigenvalue weighted by molar-refractivity contribution is 1.27. The molecule has 0 saturated heterocycles. The number of benzene rings is 5. The summed E-state index contributed by atoms with van der Waals surface area (Å²) in [7, 11) is 0. The molecule has 10 aromatic rings. The summed E-state index contributed by atoms with van der Waals surface area (Å²) in [6.07, 6.45) is 9.32. The van der Waals surface area contributed by atoms with Crippen molar-refractivity contribution in [3.8, 4) is 67.0 Å². The van der Waals surface area contributed by atoms with Gasteiger partial charge in [-0.1, -0.05) is 97.1 Å². The molecule has 5 heteroatoms. The maximum absolute atomic E-state index is 5.32. The summed E-state index contributed by atoms with van der Waals surface area (Å²) in [5, 5.41) is 1.19. The van der Waals surface area contributed by atoms with Crippen LogP contribution in [0.5, 0.6) is 0 Å². The van der Waals surface area contributed by atoms with Gasteiger partial charge in [0.2, 0.25) is 0 Å². The molecule has 5 aromatic carbocycles. The molecule has 5 nitrogen and oxygen atoms in total. The molecular formula is C48H31N5. The fourth-order valence-electron chi connectivity index (χ4n) is 7.44. The van der Waals surface area contributed by atoms with E-state index in [2.05, 4.69) is 142 Å². The Kier molecular flexibility index (Phi) is 7.40. The predicted octanol–water partition coefficient (Wildman–Crippen LogP) is 11.8. The van der Waals surface area contributed by atoms with Gasteiger partial charge in [-0.05, 0) is 99.6 Å². The van der Waals surface area contributed by atoms with E-state index in [4.69, 9.17) is 9.97 Å². The number of aromatic nitrogens is 5. The summed E-state index contributed by atoms with van der Waals surface area (Å²) in [6, 6.07) is 55.6. The van der Waals surface area contributed by atoms with E-state index in [0.29, 0.717) is 0 Å². The molecule has 0 aliphatic carbocycles. The highest BCUT2D eigenvalue weighted by atomic mass is 14.9. The van der Waals surface area contributed by atoms with E-state index in [-0.39, 0.29) is 0 Å². The van der Waals surface area contributed by atoms with Crippen LogP contribution in [0.15, 0.2) is 189 Å². The van der Waals surface area contributed by atoms with Crippen LogP contribution < -0.4 is 0 Å². The van der Waals surface area contributed by atoms with Gasteiger partial charge in [-0.25, -0.2) is 4.98 Å². The van der Waals surface area contributed by atoms with Gasteiger partial charge in [0, 0.05) is 46.9 Å². The molecule has 0 aliphatic rings. The topological polar surface area (TPSA) is 56.0 Å². The van der Waals surface area contributed by atoms with Crippen LogP contribution in [0.4, 0.5) is 0 Å². The summed E-state index contributed by atoms with van der Waals surface area (Å²) in [4.78, 5) is 18.6. The van der Waals surface area contributed by atoms with Crippen LogP contribution in [0.1, 0.15) is 0 Å². The molecule has 0 amide bonds. The van der Waals surface area contributed by atoms with Gasteiger partial charge in [0.05, 0.1) is 39.7 Å². The Labute approximate surface area is 306 Å². The zero-order chi connectivity index (χ0) is 35.1. The molecule has 248 valence electrons. The largest absolute Gasteiger partial charge is 0.306 e. The van der Waals surface area contributed by atoms with Gasteiger partial charge in [-0.15, -0.1) is 0 Å². The molecule has 0 unspecified atom stereocenters. The summed E-state index contributed by atoms with van der Waals surface area (Å²) >= 11 is 0. The van der Waals surface area contributed by atoms with Crippen molar-refractivity contribution in [2.24, 2.45) is 0 Å². The van der Waals surface area contributed by atoms with E-state index in [9.17, 15) is 0 Å². The lowest BCUT2D eigenvalue weighted by Gasteiger charge is -2.12. The first-order chi connectivity index (χ1) is 26.3. The molecular weight excluding hydrogens is 647 g/mol. The molecule has 0 fully saturated rings. The van der Waals surface area contributed by atoms with Crippen LogP contribution in [0.3, 0.4) is 0 Å². The van der Waals surface area contributed by atoms with Crippen molar-refractivity contribution >= 4 is 27.5 Å². The molecule has 10 rings (SSSR count). The minimum absolute atomic E-state index is 0.909. The van der Waals surface area contributed by atoms with Gasteiger partial charge in [0.25, 0.3) is 0 Å². The summed E-state index contributed by atoms with van der Waals surface area (Å²) in [6.45, 7) is 0. The van der Waals surface area contributed by atoms with E-state index < -0.39 is 0 Å². The van der Waals surface area contributed by atoms with E-state index >= 15 is 0 Å². The van der Waals surface area contributed by atoms with Crippen molar-refractivity contribution < 1.29 is 0 Å². The fourth-order valence-corrected chi connectivity index (χ4v) is 7.44. The Morgan fingerprint density at radius 3 is 1.57 bits per heavy atom. The van der Waals surface area contributed by atoms with Crippen molar-refractivity contribution in [2.75, 3.05) is 0 Å². The lowest BCUT2D eigenvalue weighted by Crippen LogP contribution is -1.92. The number of para-hydroxylation sites is 3. The monoisotopic (exact) mass is 677 g/mol. The molecule has 0 spiro atoms. The number of rotatable bonds is 6. The standard InChI is InChI=1S/C48H31N5/c1-3-10-45-41(8-1)48(47-31-51-42-9-2-4-11-46(42)53(45)47)39-7-5-6-38(28-39)44-30-40(34-14-12-32(13-15-34)35-20-24-49-25-21-35)29-43(52-44)37-18-16-33(17-19-37)36-22-26-50-27-23-36/h1-31H. The van der Waals surface area contributed by atoms with Crippen molar-refractivity contribution in [2.45, 2.75) is 0 Å². The van der Waals surface area contributed by atoms with Crippen LogP contribution in [0.2, 0.25) is 0 Å². The van der Waals surface area contributed by atoms with Gasteiger partial charge in [-0.2, -0.15) is 0 Å². The third-order valence-corrected chi connectivity index (χ3v) is 10.1. The average Bonchev–Trinajstić information content (AvgIpc) is 3.59. The molecule has 53 heavy (non-hydrogen) atoms. The molecule has 5 aromatic heterocycles. The second-order valence-electron chi connectivity index (χ2n) is 13.2. The van der Waals surface area contributed by atoms with Crippen molar-refractivity contribution in [3.63, 3.8) is 0 Å². The first kappa shape index (κ1) is 30.6. The highest BCUT2D eigenvalue weighted by Gasteiger charge is 2.17. The number of pyridine rings is 3. The Balaban J connectivity index is 1.12. The second-order valence-corrected chi connectivity index (χ2v) is 13.2.